The van der Waals surface area contributed by atoms with E-state index in [1.165, 1.54) is 19.1 Å². The molecule has 1 aliphatic carbocycles. The van der Waals surface area contributed by atoms with Crippen LogP contribution in [0.15, 0.2) is 24.3 Å². The zero-order chi connectivity index (χ0) is 19.8. The Balaban J connectivity index is 2.01. The van der Waals surface area contributed by atoms with Crippen LogP contribution in [0.1, 0.15) is 63.2 Å². The van der Waals surface area contributed by atoms with Crippen LogP contribution in [0, 0.1) is 11.2 Å². The molecule has 0 unspecified atom stereocenters. The first-order valence-electron chi connectivity index (χ1n) is 9.71. The first kappa shape index (κ1) is 19.8. The van der Waals surface area contributed by atoms with E-state index in [1.807, 2.05) is 13.8 Å². The molecule has 1 saturated carbocycles. The number of carbonyl (C=O) groups is 2. The molecule has 1 aromatic rings. The van der Waals surface area contributed by atoms with Crippen molar-refractivity contribution in [2.75, 3.05) is 6.54 Å². The molecular formula is C21H29FN2O3. The maximum Gasteiger partial charge on any atom is 0.257 e. The van der Waals surface area contributed by atoms with E-state index in [9.17, 15) is 19.1 Å². The maximum atomic E-state index is 14.3. The molecule has 5 nitrogen and oxygen atoms in total. The van der Waals surface area contributed by atoms with E-state index < -0.39 is 16.8 Å². The van der Waals surface area contributed by atoms with Crippen LogP contribution >= 0.6 is 0 Å². The number of rotatable bonds is 3. The van der Waals surface area contributed by atoms with Crippen LogP contribution in [0.2, 0.25) is 0 Å². The van der Waals surface area contributed by atoms with Gasteiger partial charge in [0.1, 0.15) is 5.82 Å². The summed E-state index contributed by atoms with van der Waals surface area (Å²) < 4.78 is 14.3. The lowest BCUT2D eigenvalue weighted by Crippen LogP contribution is -2.52. The number of fused-ring (bicyclic) bond motifs is 1. The summed E-state index contributed by atoms with van der Waals surface area (Å²) in [6, 6.07) is 5.52. The number of carbonyl (C=O) groups excluding carboxylic acids is 2. The fourth-order valence-corrected chi connectivity index (χ4v) is 4.93. The molecule has 0 spiro atoms. The minimum absolute atomic E-state index is 0.0402. The Hall–Kier alpha value is -1.95. The molecule has 27 heavy (non-hydrogen) atoms. The molecule has 4 atom stereocenters. The number of amides is 2. The smallest absolute Gasteiger partial charge is 0.257 e. The molecule has 3 rings (SSSR count). The molecule has 1 aromatic carbocycles. The second kappa shape index (κ2) is 7.23. The molecule has 148 valence electrons. The number of hydrogen-bond acceptors (Lipinski definition) is 3. The average Bonchev–Trinajstić information content (AvgIpc) is 2.84. The van der Waals surface area contributed by atoms with Crippen molar-refractivity contribution in [3.05, 3.63) is 35.6 Å². The molecule has 2 amide bonds. The highest BCUT2D eigenvalue weighted by atomic mass is 19.1. The number of nitrogens with zero attached hydrogens (tertiary/aromatic N) is 1. The van der Waals surface area contributed by atoms with E-state index in [4.69, 9.17) is 0 Å². The molecule has 0 aromatic heterocycles. The maximum absolute atomic E-state index is 14.3. The van der Waals surface area contributed by atoms with E-state index in [-0.39, 0.29) is 29.5 Å². The molecule has 1 heterocycles. The zero-order valence-corrected chi connectivity index (χ0v) is 16.3. The Morgan fingerprint density at radius 1 is 1.30 bits per heavy atom. The number of likely N-dealkylation sites (tertiary alicyclic amines) is 1. The third-order valence-electron chi connectivity index (χ3n) is 6.67. The molecule has 1 saturated heterocycles. The van der Waals surface area contributed by atoms with Gasteiger partial charge in [0.15, 0.2) is 0 Å². The van der Waals surface area contributed by atoms with Crippen molar-refractivity contribution in [2.45, 2.75) is 70.6 Å². The molecule has 2 N–H and O–H groups in total. The van der Waals surface area contributed by atoms with E-state index >= 15 is 0 Å². The normalized spacial score (nSPS) is 33.3. The first-order chi connectivity index (χ1) is 12.7. The van der Waals surface area contributed by atoms with Crippen LogP contribution in [0.25, 0.3) is 0 Å². The van der Waals surface area contributed by atoms with E-state index in [0.29, 0.717) is 19.4 Å². The number of hydrogen-bond donors (Lipinski definition) is 2. The quantitative estimate of drug-likeness (QED) is 0.852. The Kier molecular flexibility index (Phi) is 5.30. The van der Waals surface area contributed by atoms with Gasteiger partial charge in [0.05, 0.1) is 17.2 Å². The lowest BCUT2D eigenvalue weighted by molar-refractivity contribution is -0.119. The summed E-state index contributed by atoms with van der Waals surface area (Å²) in [7, 11) is 0. The van der Waals surface area contributed by atoms with Crippen LogP contribution < -0.4 is 5.32 Å². The Morgan fingerprint density at radius 3 is 2.67 bits per heavy atom. The SMILES string of the molecule is CC(=O)NC[C@H]1C[C@]2(C)[C@@H](CCCC[C@]2(C)O)N1C(=O)c1ccccc1F. The molecule has 6 heteroatoms. The van der Waals surface area contributed by atoms with Gasteiger partial charge in [0.25, 0.3) is 5.91 Å². The van der Waals surface area contributed by atoms with Crippen molar-refractivity contribution in [1.82, 2.24) is 10.2 Å². The van der Waals surface area contributed by atoms with Crippen molar-refractivity contribution in [2.24, 2.45) is 5.41 Å². The predicted molar refractivity (Wildman–Crippen MR) is 101 cm³/mol. The second-order valence-electron chi connectivity index (χ2n) is 8.44. The topological polar surface area (TPSA) is 69.6 Å². The highest BCUT2D eigenvalue weighted by Crippen LogP contribution is 2.53. The van der Waals surface area contributed by atoms with Crippen LogP contribution in [0.4, 0.5) is 4.39 Å². The predicted octanol–water partition coefficient (Wildman–Crippen LogP) is 2.88. The summed E-state index contributed by atoms with van der Waals surface area (Å²) >= 11 is 0. The summed E-state index contributed by atoms with van der Waals surface area (Å²) in [5, 5.41) is 14.0. The molecular weight excluding hydrogens is 347 g/mol. The Labute approximate surface area is 159 Å². The second-order valence-corrected chi connectivity index (χ2v) is 8.44. The minimum Gasteiger partial charge on any atom is -0.390 e. The lowest BCUT2D eigenvalue weighted by atomic mass is 9.67. The average molecular weight is 376 g/mol. The van der Waals surface area contributed by atoms with Crippen LogP contribution in [0.5, 0.6) is 0 Å². The van der Waals surface area contributed by atoms with Gasteiger partial charge >= 0.3 is 0 Å². The monoisotopic (exact) mass is 376 g/mol. The van der Waals surface area contributed by atoms with Gasteiger partial charge in [0, 0.05) is 24.9 Å². The fourth-order valence-electron chi connectivity index (χ4n) is 4.93. The van der Waals surface area contributed by atoms with E-state index in [1.54, 1.807) is 17.0 Å². The minimum atomic E-state index is -0.924. The molecule has 0 bridgehead atoms. The summed E-state index contributed by atoms with van der Waals surface area (Å²) in [4.78, 5) is 26.5. The van der Waals surface area contributed by atoms with Gasteiger partial charge in [-0.15, -0.1) is 0 Å². The van der Waals surface area contributed by atoms with E-state index in [0.717, 1.165) is 19.3 Å². The van der Waals surface area contributed by atoms with Crippen LogP contribution in [-0.2, 0) is 4.79 Å². The zero-order valence-electron chi connectivity index (χ0n) is 16.3. The third-order valence-corrected chi connectivity index (χ3v) is 6.67. The first-order valence-corrected chi connectivity index (χ1v) is 9.71. The van der Waals surface area contributed by atoms with Crippen molar-refractivity contribution in [3.8, 4) is 0 Å². The lowest BCUT2D eigenvalue weighted by Gasteiger charge is -2.43. The molecule has 0 radical (unpaired) electrons. The number of halogens is 1. The van der Waals surface area contributed by atoms with Crippen molar-refractivity contribution in [1.29, 1.82) is 0 Å². The Bertz CT molecular complexity index is 736. The van der Waals surface area contributed by atoms with Crippen molar-refractivity contribution < 1.29 is 19.1 Å². The van der Waals surface area contributed by atoms with Gasteiger partial charge in [-0.05, 0) is 38.3 Å². The summed E-state index contributed by atoms with van der Waals surface area (Å²) in [6.07, 6.45) is 3.82. The Morgan fingerprint density at radius 2 is 2.00 bits per heavy atom. The number of benzene rings is 1. The summed E-state index contributed by atoms with van der Waals surface area (Å²) in [5.41, 5.74) is -1.39. The highest BCUT2D eigenvalue weighted by molar-refractivity contribution is 5.95. The number of aliphatic hydroxyl groups is 1. The van der Waals surface area contributed by atoms with E-state index in [2.05, 4.69) is 5.32 Å². The van der Waals surface area contributed by atoms with Crippen LogP contribution in [-0.4, -0.2) is 46.1 Å². The van der Waals surface area contributed by atoms with Gasteiger partial charge in [0.2, 0.25) is 5.91 Å². The van der Waals surface area contributed by atoms with Crippen molar-refractivity contribution >= 4 is 11.8 Å². The molecule has 2 fully saturated rings. The third kappa shape index (κ3) is 3.47. The summed E-state index contributed by atoms with van der Waals surface area (Å²) in [5.74, 6) is -1.08. The molecule has 2 aliphatic rings. The van der Waals surface area contributed by atoms with Crippen molar-refractivity contribution in [3.63, 3.8) is 0 Å². The van der Waals surface area contributed by atoms with Gasteiger partial charge in [-0.1, -0.05) is 31.9 Å². The van der Waals surface area contributed by atoms with Gasteiger partial charge in [-0.25, -0.2) is 4.39 Å². The highest BCUT2D eigenvalue weighted by Gasteiger charge is 2.59. The summed E-state index contributed by atoms with van der Waals surface area (Å²) in [6.45, 7) is 5.61. The van der Waals surface area contributed by atoms with Gasteiger partial charge in [-0.3, -0.25) is 9.59 Å². The van der Waals surface area contributed by atoms with Crippen LogP contribution in [0.3, 0.4) is 0 Å². The molecule has 1 aliphatic heterocycles. The standard InChI is InChI=1S/C21H29FN2O3/c1-14(25)23-13-15-12-20(2)18(10-6-7-11-21(20,3)27)24(15)19(26)16-8-4-5-9-17(16)22/h4-5,8-9,15,18,27H,6-7,10-13H2,1-3H3,(H,23,25)/t15-,18-,20-,21+/m1/s1. The van der Waals surface area contributed by atoms with Gasteiger partial charge < -0.3 is 15.3 Å². The number of nitrogens with one attached hydrogen (secondary N) is 1. The van der Waals surface area contributed by atoms with Gasteiger partial charge in [-0.2, -0.15) is 0 Å². The fraction of sp³-hybridized carbons (Fsp3) is 0.619. The largest absolute Gasteiger partial charge is 0.390 e.